The fourth-order valence-corrected chi connectivity index (χ4v) is 2.89. The zero-order valence-electron chi connectivity index (χ0n) is 11.0. The molecule has 0 aliphatic carbocycles. The minimum absolute atomic E-state index is 0.530. The van der Waals surface area contributed by atoms with Gasteiger partial charge in [-0.3, -0.25) is 4.99 Å². The summed E-state index contributed by atoms with van der Waals surface area (Å²) in [4.78, 5) is 4.48. The van der Waals surface area contributed by atoms with Crippen molar-refractivity contribution in [1.29, 1.82) is 0 Å². The van der Waals surface area contributed by atoms with Crippen LogP contribution in [0.4, 0.5) is 0 Å². The molecule has 0 aromatic heterocycles. The van der Waals surface area contributed by atoms with E-state index in [0.29, 0.717) is 12.4 Å². The van der Waals surface area contributed by atoms with E-state index < -0.39 is 0 Å². The van der Waals surface area contributed by atoms with Gasteiger partial charge in [0, 0.05) is 22.0 Å². The van der Waals surface area contributed by atoms with Crippen LogP contribution in [0.15, 0.2) is 51.9 Å². The number of hydrogen-bond acceptors (Lipinski definition) is 2. The van der Waals surface area contributed by atoms with E-state index in [1.807, 2.05) is 36.4 Å². The summed E-state index contributed by atoms with van der Waals surface area (Å²) in [6, 6.07) is 13.9. The molecule has 0 atom stereocenters. The lowest BCUT2D eigenvalue weighted by Crippen LogP contribution is -2.13. The Labute approximate surface area is 126 Å². The molecule has 0 amide bonds. The molecule has 1 heterocycles. The fraction of sp³-hybridized carbons (Fsp3) is 0.188. The zero-order chi connectivity index (χ0) is 13.9. The van der Waals surface area contributed by atoms with Gasteiger partial charge in [0.15, 0.2) is 0 Å². The summed E-state index contributed by atoms with van der Waals surface area (Å²) in [6.07, 6.45) is 0.958. The van der Waals surface area contributed by atoms with Gasteiger partial charge in [-0.25, -0.2) is 0 Å². The third-order valence-corrected chi connectivity index (χ3v) is 3.77. The van der Waals surface area contributed by atoms with E-state index in [2.05, 4.69) is 27.0 Å². The molecule has 0 bridgehead atoms. The van der Waals surface area contributed by atoms with Gasteiger partial charge in [-0.2, -0.15) is 0 Å². The maximum absolute atomic E-state index is 6.02. The van der Waals surface area contributed by atoms with E-state index in [4.69, 9.17) is 10.5 Å². The van der Waals surface area contributed by atoms with Crippen molar-refractivity contribution in [3.05, 3.63) is 63.6 Å². The van der Waals surface area contributed by atoms with Crippen LogP contribution < -0.4 is 10.5 Å². The Balaban J connectivity index is 1.86. The second-order valence-electron chi connectivity index (χ2n) is 4.72. The van der Waals surface area contributed by atoms with E-state index in [9.17, 15) is 0 Å². The molecule has 2 aromatic rings. The van der Waals surface area contributed by atoms with Gasteiger partial charge < -0.3 is 10.5 Å². The van der Waals surface area contributed by atoms with Crippen LogP contribution in [-0.4, -0.2) is 12.4 Å². The van der Waals surface area contributed by atoms with Crippen molar-refractivity contribution < 1.29 is 4.74 Å². The SMILES string of the molecule is NC(=NCc1cc(Br)cc2c1OCC2)c1ccccc1. The molecule has 3 nitrogen and oxygen atoms in total. The first-order valence-corrected chi connectivity index (χ1v) is 7.33. The van der Waals surface area contributed by atoms with Gasteiger partial charge in [-0.05, 0) is 17.7 Å². The van der Waals surface area contributed by atoms with Crippen molar-refractivity contribution in [2.45, 2.75) is 13.0 Å². The molecule has 102 valence electrons. The van der Waals surface area contributed by atoms with Gasteiger partial charge in [0.1, 0.15) is 11.6 Å². The molecule has 1 aliphatic rings. The topological polar surface area (TPSA) is 47.6 Å². The summed E-state index contributed by atoms with van der Waals surface area (Å²) in [7, 11) is 0. The Morgan fingerprint density at radius 3 is 2.85 bits per heavy atom. The van der Waals surface area contributed by atoms with Crippen LogP contribution >= 0.6 is 15.9 Å². The normalized spacial score (nSPS) is 13.9. The Morgan fingerprint density at radius 1 is 1.25 bits per heavy atom. The molecule has 20 heavy (non-hydrogen) atoms. The standard InChI is InChI=1S/C16H15BrN2O/c17-14-8-12-6-7-20-15(12)13(9-14)10-19-16(18)11-4-2-1-3-5-11/h1-5,8-9H,6-7,10H2,(H2,18,19). The molecule has 2 aromatic carbocycles. The number of nitrogens with two attached hydrogens (primary N) is 1. The third kappa shape index (κ3) is 2.70. The first-order valence-electron chi connectivity index (χ1n) is 6.53. The van der Waals surface area contributed by atoms with E-state index in [1.54, 1.807) is 0 Å². The number of halogens is 1. The van der Waals surface area contributed by atoms with Gasteiger partial charge in [0.05, 0.1) is 13.2 Å². The minimum atomic E-state index is 0.530. The van der Waals surface area contributed by atoms with E-state index in [0.717, 1.165) is 34.4 Å². The molecule has 0 radical (unpaired) electrons. The number of fused-ring (bicyclic) bond motifs is 1. The van der Waals surface area contributed by atoms with Crippen molar-refractivity contribution in [3.63, 3.8) is 0 Å². The molecule has 0 unspecified atom stereocenters. The van der Waals surface area contributed by atoms with Crippen LogP contribution in [0.25, 0.3) is 0 Å². The lowest BCUT2D eigenvalue weighted by atomic mass is 10.1. The van der Waals surface area contributed by atoms with Crippen molar-refractivity contribution in [2.24, 2.45) is 10.7 Å². The summed E-state index contributed by atoms with van der Waals surface area (Å²) in [5.74, 6) is 1.52. The smallest absolute Gasteiger partial charge is 0.127 e. The Bertz CT molecular complexity index is 653. The molecule has 0 spiro atoms. The molecule has 3 rings (SSSR count). The summed E-state index contributed by atoms with van der Waals surface area (Å²) >= 11 is 3.53. The van der Waals surface area contributed by atoms with Crippen LogP contribution in [0.5, 0.6) is 5.75 Å². The first kappa shape index (κ1) is 13.2. The molecule has 0 saturated carbocycles. The Kier molecular flexibility index (Phi) is 3.74. The Hall–Kier alpha value is -1.81. The highest BCUT2D eigenvalue weighted by Crippen LogP contribution is 2.33. The summed E-state index contributed by atoms with van der Waals surface area (Å²) < 4.78 is 6.75. The van der Waals surface area contributed by atoms with Crippen molar-refractivity contribution in [1.82, 2.24) is 0 Å². The van der Waals surface area contributed by atoms with Gasteiger partial charge in [-0.1, -0.05) is 46.3 Å². The van der Waals surface area contributed by atoms with Crippen molar-refractivity contribution in [3.8, 4) is 5.75 Å². The monoisotopic (exact) mass is 330 g/mol. The predicted octanol–water partition coefficient (Wildman–Crippen LogP) is 3.29. The number of hydrogen-bond donors (Lipinski definition) is 1. The molecular formula is C16H15BrN2O. The summed E-state index contributed by atoms with van der Waals surface area (Å²) in [5, 5.41) is 0. The maximum Gasteiger partial charge on any atom is 0.127 e. The molecule has 2 N–H and O–H groups in total. The molecular weight excluding hydrogens is 316 g/mol. The van der Waals surface area contributed by atoms with Gasteiger partial charge in [-0.15, -0.1) is 0 Å². The number of aliphatic imine (C=N–C) groups is 1. The second-order valence-corrected chi connectivity index (χ2v) is 5.63. The summed E-state index contributed by atoms with van der Waals surface area (Å²) in [6.45, 7) is 1.28. The number of rotatable bonds is 3. The second kappa shape index (κ2) is 5.67. The lowest BCUT2D eigenvalue weighted by Gasteiger charge is -2.07. The third-order valence-electron chi connectivity index (χ3n) is 3.31. The van der Waals surface area contributed by atoms with E-state index in [-0.39, 0.29) is 0 Å². The van der Waals surface area contributed by atoms with Crippen LogP contribution in [0.3, 0.4) is 0 Å². The number of ether oxygens (including phenoxy) is 1. The van der Waals surface area contributed by atoms with E-state index >= 15 is 0 Å². The molecule has 4 heteroatoms. The van der Waals surface area contributed by atoms with Crippen LogP contribution in [0.1, 0.15) is 16.7 Å². The maximum atomic E-state index is 6.02. The van der Waals surface area contributed by atoms with Crippen molar-refractivity contribution in [2.75, 3.05) is 6.61 Å². The van der Waals surface area contributed by atoms with Crippen LogP contribution in [0.2, 0.25) is 0 Å². The fourth-order valence-electron chi connectivity index (χ4n) is 2.33. The van der Waals surface area contributed by atoms with E-state index in [1.165, 1.54) is 5.56 Å². The molecule has 0 saturated heterocycles. The quantitative estimate of drug-likeness (QED) is 0.693. The summed E-state index contributed by atoms with van der Waals surface area (Å²) in [5.41, 5.74) is 9.28. The first-order chi connectivity index (χ1) is 9.74. The van der Waals surface area contributed by atoms with Crippen LogP contribution in [0, 0.1) is 0 Å². The van der Waals surface area contributed by atoms with Gasteiger partial charge >= 0.3 is 0 Å². The highest BCUT2D eigenvalue weighted by atomic mass is 79.9. The highest BCUT2D eigenvalue weighted by molar-refractivity contribution is 9.10. The molecule has 0 fully saturated rings. The average molecular weight is 331 g/mol. The Morgan fingerprint density at radius 2 is 2.05 bits per heavy atom. The highest BCUT2D eigenvalue weighted by Gasteiger charge is 2.17. The largest absolute Gasteiger partial charge is 0.493 e. The number of benzene rings is 2. The van der Waals surface area contributed by atoms with Crippen LogP contribution in [-0.2, 0) is 13.0 Å². The van der Waals surface area contributed by atoms with Gasteiger partial charge in [0.25, 0.3) is 0 Å². The number of amidine groups is 1. The predicted molar refractivity (Wildman–Crippen MR) is 84.2 cm³/mol. The zero-order valence-corrected chi connectivity index (χ0v) is 12.6. The average Bonchev–Trinajstić information content (AvgIpc) is 2.93. The van der Waals surface area contributed by atoms with Gasteiger partial charge in [0.2, 0.25) is 0 Å². The molecule has 1 aliphatic heterocycles. The lowest BCUT2D eigenvalue weighted by molar-refractivity contribution is 0.353. The van der Waals surface area contributed by atoms with Crippen molar-refractivity contribution >= 4 is 21.8 Å². The minimum Gasteiger partial charge on any atom is -0.493 e. The number of nitrogens with zero attached hydrogens (tertiary/aromatic N) is 1.